The van der Waals surface area contributed by atoms with E-state index in [1.165, 1.54) is 17.7 Å². The molecule has 0 bridgehead atoms. The smallest absolute Gasteiger partial charge is 0.321 e. The number of hydrogen-bond acceptors (Lipinski definition) is 2. The lowest BCUT2D eigenvalue weighted by molar-refractivity contribution is 0.214. The topological polar surface area (TPSA) is 32.3 Å². The molecule has 0 aliphatic carbocycles. The Morgan fingerprint density at radius 3 is 2.61 bits per heavy atom. The van der Waals surface area contributed by atoms with E-state index in [1.807, 2.05) is 35.4 Å². The number of rotatable bonds is 2. The molecule has 98 valence electrons. The zero-order chi connectivity index (χ0) is 12.8. The summed E-state index contributed by atoms with van der Waals surface area (Å²) < 4.78 is 0. The Kier molecular flexibility index (Phi) is 4.93. The van der Waals surface area contributed by atoms with E-state index < -0.39 is 0 Å². The van der Waals surface area contributed by atoms with Gasteiger partial charge < -0.3 is 10.2 Å². The molecule has 1 saturated heterocycles. The average molecular weight is 264 g/mol. The Morgan fingerprint density at radius 2 is 1.94 bits per heavy atom. The minimum absolute atomic E-state index is 0.0372. The van der Waals surface area contributed by atoms with Crippen LogP contribution in [-0.2, 0) is 0 Å². The van der Waals surface area contributed by atoms with Gasteiger partial charge in [0.1, 0.15) is 0 Å². The number of nitrogens with zero attached hydrogens (tertiary/aromatic N) is 1. The molecule has 0 radical (unpaired) electrons. The van der Waals surface area contributed by atoms with Crippen LogP contribution in [0.1, 0.15) is 25.7 Å². The summed E-state index contributed by atoms with van der Waals surface area (Å²) in [5, 5.41) is 2.99. The van der Waals surface area contributed by atoms with Crippen molar-refractivity contribution in [1.82, 2.24) is 4.90 Å². The molecule has 1 heterocycles. The predicted octanol–water partition coefficient (Wildman–Crippen LogP) is 3.82. The molecule has 4 heteroatoms. The van der Waals surface area contributed by atoms with E-state index >= 15 is 0 Å². The highest BCUT2D eigenvalue weighted by Crippen LogP contribution is 2.19. The van der Waals surface area contributed by atoms with Crippen LogP contribution in [0.2, 0.25) is 0 Å². The maximum absolute atomic E-state index is 12.1. The first-order valence-corrected chi connectivity index (χ1v) is 7.72. The van der Waals surface area contributed by atoms with E-state index in [0.29, 0.717) is 0 Å². The van der Waals surface area contributed by atoms with Gasteiger partial charge in [0.2, 0.25) is 0 Å². The standard InChI is InChI=1S/C14H20N2OS/c1-18-13-8-6-7-12(11-13)15-14(17)16-9-4-2-3-5-10-16/h6-8,11H,2-5,9-10H2,1H3,(H,15,17). The number of carbonyl (C=O) groups is 1. The summed E-state index contributed by atoms with van der Waals surface area (Å²) in [4.78, 5) is 15.2. The van der Waals surface area contributed by atoms with Crippen molar-refractivity contribution in [3.63, 3.8) is 0 Å². The van der Waals surface area contributed by atoms with Crippen LogP contribution in [0.15, 0.2) is 29.2 Å². The summed E-state index contributed by atoms with van der Waals surface area (Å²) >= 11 is 1.68. The second kappa shape index (κ2) is 6.69. The van der Waals surface area contributed by atoms with Crippen molar-refractivity contribution in [2.45, 2.75) is 30.6 Å². The van der Waals surface area contributed by atoms with Crippen molar-refractivity contribution in [1.29, 1.82) is 0 Å². The van der Waals surface area contributed by atoms with Crippen molar-refractivity contribution < 1.29 is 4.79 Å². The van der Waals surface area contributed by atoms with Crippen LogP contribution < -0.4 is 5.32 Å². The fourth-order valence-electron chi connectivity index (χ4n) is 2.18. The third-order valence-corrected chi connectivity index (χ3v) is 3.94. The third kappa shape index (κ3) is 3.67. The molecule has 1 aliphatic rings. The fourth-order valence-corrected chi connectivity index (χ4v) is 2.64. The molecule has 18 heavy (non-hydrogen) atoms. The van der Waals surface area contributed by atoms with Gasteiger partial charge in [-0.1, -0.05) is 18.9 Å². The number of anilines is 1. The first-order valence-electron chi connectivity index (χ1n) is 6.49. The van der Waals surface area contributed by atoms with Crippen molar-refractivity contribution in [3.05, 3.63) is 24.3 Å². The number of benzene rings is 1. The molecular weight excluding hydrogens is 244 g/mol. The number of nitrogens with one attached hydrogen (secondary N) is 1. The van der Waals surface area contributed by atoms with Gasteiger partial charge in [0.05, 0.1) is 0 Å². The summed E-state index contributed by atoms with van der Waals surface area (Å²) in [5.41, 5.74) is 0.885. The Bertz CT molecular complexity index is 401. The van der Waals surface area contributed by atoms with Crippen LogP contribution in [0, 0.1) is 0 Å². The summed E-state index contributed by atoms with van der Waals surface area (Å²) in [6.45, 7) is 1.77. The van der Waals surface area contributed by atoms with Gasteiger partial charge in [-0.05, 0) is 37.3 Å². The molecule has 3 nitrogen and oxygen atoms in total. The molecule has 1 fully saturated rings. The van der Waals surface area contributed by atoms with Gasteiger partial charge in [0.15, 0.2) is 0 Å². The van der Waals surface area contributed by atoms with Crippen molar-refractivity contribution in [2.24, 2.45) is 0 Å². The number of hydrogen-bond donors (Lipinski definition) is 1. The predicted molar refractivity (Wildman–Crippen MR) is 77.3 cm³/mol. The van der Waals surface area contributed by atoms with E-state index in [1.54, 1.807) is 11.8 Å². The highest BCUT2D eigenvalue weighted by atomic mass is 32.2. The molecular formula is C14H20N2OS. The molecule has 2 amide bonds. The van der Waals surface area contributed by atoms with E-state index in [4.69, 9.17) is 0 Å². The Labute approximate surface area is 113 Å². The number of thioether (sulfide) groups is 1. The van der Waals surface area contributed by atoms with Gasteiger partial charge in [-0.2, -0.15) is 0 Å². The number of urea groups is 1. The summed E-state index contributed by atoms with van der Waals surface area (Å²) in [6, 6.07) is 8.02. The highest BCUT2D eigenvalue weighted by molar-refractivity contribution is 7.98. The van der Waals surface area contributed by atoms with Crippen molar-refractivity contribution in [2.75, 3.05) is 24.7 Å². The first-order chi connectivity index (χ1) is 8.79. The zero-order valence-corrected chi connectivity index (χ0v) is 11.6. The first kappa shape index (κ1) is 13.3. The van der Waals surface area contributed by atoms with E-state index in [0.717, 1.165) is 31.6 Å². The van der Waals surface area contributed by atoms with Crippen LogP contribution in [0.25, 0.3) is 0 Å². The number of carbonyl (C=O) groups excluding carboxylic acids is 1. The van der Waals surface area contributed by atoms with Crippen LogP contribution >= 0.6 is 11.8 Å². The molecule has 0 atom stereocenters. The van der Waals surface area contributed by atoms with Crippen LogP contribution in [0.3, 0.4) is 0 Å². The monoisotopic (exact) mass is 264 g/mol. The SMILES string of the molecule is CSc1cccc(NC(=O)N2CCCCCC2)c1. The maximum atomic E-state index is 12.1. The van der Waals surface area contributed by atoms with E-state index in [9.17, 15) is 4.79 Å². The molecule has 0 aromatic heterocycles. The summed E-state index contributed by atoms with van der Waals surface area (Å²) in [5.74, 6) is 0. The van der Waals surface area contributed by atoms with E-state index in [2.05, 4.69) is 5.32 Å². The quantitative estimate of drug-likeness (QED) is 0.824. The maximum Gasteiger partial charge on any atom is 0.321 e. The molecule has 0 saturated carbocycles. The molecule has 1 aromatic rings. The van der Waals surface area contributed by atoms with E-state index in [-0.39, 0.29) is 6.03 Å². The average Bonchev–Trinajstić information content (AvgIpc) is 2.68. The fraction of sp³-hybridized carbons (Fsp3) is 0.500. The Balaban J connectivity index is 1.96. The lowest BCUT2D eigenvalue weighted by Gasteiger charge is -2.20. The third-order valence-electron chi connectivity index (χ3n) is 3.21. The molecule has 2 rings (SSSR count). The molecule has 1 aliphatic heterocycles. The normalized spacial score (nSPS) is 16.2. The van der Waals surface area contributed by atoms with Gasteiger partial charge in [-0.3, -0.25) is 0 Å². The molecule has 0 unspecified atom stereocenters. The Hall–Kier alpha value is -1.16. The van der Waals surface area contributed by atoms with Gasteiger partial charge in [-0.15, -0.1) is 11.8 Å². The lowest BCUT2D eigenvalue weighted by Crippen LogP contribution is -2.35. The minimum atomic E-state index is 0.0372. The van der Waals surface area contributed by atoms with Crippen LogP contribution in [-0.4, -0.2) is 30.3 Å². The van der Waals surface area contributed by atoms with Gasteiger partial charge >= 0.3 is 6.03 Å². The van der Waals surface area contributed by atoms with Crippen LogP contribution in [0.5, 0.6) is 0 Å². The summed E-state index contributed by atoms with van der Waals surface area (Å²) in [6.07, 6.45) is 6.77. The van der Waals surface area contributed by atoms with Gasteiger partial charge in [0, 0.05) is 23.7 Å². The van der Waals surface area contributed by atoms with Crippen LogP contribution in [0.4, 0.5) is 10.5 Å². The molecule has 0 spiro atoms. The molecule has 1 N–H and O–H groups in total. The zero-order valence-electron chi connectivity index (χ0n) is 10.8. The van der Waals surface area contributed by atoms with Crippen molar-refractivity contribution in [3.8, 4) is 0 Å². The van der Waals surface area contributed by atoms with Gasteiger partial charge in [0.25, 0.3) is 0 Å². The second-order valence-electron chi connectivity index (χ2n) is 4.56. The summed E-state index contributed by atoms with van der Waals surface area (Å²) in [7, 11) is 0. The number of likely N-dealkylation sites (tertiary alicyclic amines) is 1. The highest BCUT2D eigenvalue weighted by Gasteiger charge is 2.15. The second-order valence-corrected chi connectivity index (χ2v) is 5.44. The molecule has 1 aromatic carbocycles. The largest absolute Gasteiger partial charge is 0.325 e. The van der Waals surface area contributed by atoms with Crippen molar-refractivity contribution >= 4 is 23.5 Å². The lowest BCUT2D eigenvalue weighted by atomic mass is 10.2. The van der Waals surface area contributed by atoms with Gasteiger partial charge in [-0.25, -0.2) is 4.79 Å². The minimum Gasteiger partial charge on any atom is -0.325 e. The number of amides is 2. The Morgan fingerprint density at radius 1 is 1.22 bits per heavy atom.